The molecule has 7 heteroatoms. The van der Waals surface area contributed by atoms with E-state index in [0.29, 0.717) is 17.3 Å². The maximum Gasteiger partial charge on any atom is 0.229 e. The van der Waals surface area contributed by atoms with Crippen LogP contribution in [0.5, 0.6) is 0 Å². The Labute approximate surface area is 161 Å². The van der Waals surface area contributed by atoms with E-state index in [1.54, 1.807) is 23.1 Å². The lowest BCUT2D eigenvalue weighted by molar-refractivity contribution is -0.122. The number of hydrogen-bond acceptors (Lipinski definition) is 2. The lowest BCUT2D eigenvalue weighted by atomic mass is 10.1. The fourth-order valence-electron chi connectivity index (χ4n) is 2.57. The van der Waals surface area contributed by atoms with Gasteiger partial charge in [0.15, 0.2) is 0 Å². The van der Waals surface area contributed by atoms with E-state index in [4.69, 9.17) is 11.6 Å². The Morgan fingerprint density at radius 3 is 2.54 bits per heavy atom. The molecule has 1 fully saturated rings. The van der Waals surface area contributed by atoms with Gasteiger partial charge < -0.3 is 10.2 Å². The van der Waals surface area contributed by atoms with Crippen LogP contribution in [0, 0.1) is 5.92 Å². The molecule has 3 rings (SSSR count). The summed E-state index contributed by atoms with van der Waals surface area (Å²) in [4.78, 5) is 26.3. The molecule has 2 amide bonds. The number of rotatable bonds is 3. The molecule has 1 atom stereocenters. The van der Waals surface area contributed by atoms with E-state index in [9.17, 15) is 9.59 Å². The van der Waals surface area contributed by atoms with E-state index < -0.39 is 0 Å². The van der Waals surface area contributed by atoms with E-state index in [1.807, 2.05) is 24.3 Å². The summed E-state index contributed by atoms with van der Waals surface area (Å²) in [6, 6.07) is 12.7. The van der Waals surface area contributed by atoms with Crippen molar-refractivity contribution in [2.24, 2.45) is 5.92 Å². The van der Waals surface area contributed by atoms with E-state index in [-0.39, 0.29) is 24.2 Å². The number of halogens is 3. The van der Waals surface area contributed by atoms with Crippen molar-refractivity contribution in [3.63, 3.8) is 0 Å². The van der Waals surface area contributed by atoms with Crippen LogP contribution in [0.2, 0.25) is 5.02 Å². The first-order valence-electron chi connectivity index (χ1n) is 7.26. The highest BCUT2D eigenvalue weighted by Gasteiger charge is 2.35. The zero-order valence-corrected chi connectivity index (χ0v) is 16.4. The molecule has 1 heterocycles. The van der Waals surface area contributed by atoms with Gasteiger partial charge in [-0.15, -0.1) is 0 Å². The minimum Gasteiger partial charge on any atom is -0.326 e. The Morgan fingerprint density at radius 2 is 1.88 bits per heavy atom. The van der Waals surface area contributed by atoms with Crippen molar-refractivity contribution in [2.45, 2.75) is 6.42 Å². The van der Waals surface area contributed by atoms with Gasteiger partial charge in [-0.1, -0.05) is 27.5 Å². The lowest BCUT2D eigenvalue weighted by Gasteiger charge is -2.17. The van der Waals surface area contributed by atoms with Gasteiger partial charge in [-0.2, -0.15) is 0 Å². The minimum absolute atomic E-state index is 0.0497. The van der Waals surface area contributed by atoms with Crippen molar-refractivity contribution in [1.29, 1.82) is 0 Å². The van der Waals surface area contributed by atoms with Gasteiger partial charge in [0.1, 0.15) is 0 Å². The highest BCUT2D eigenvalue weighted by Crippen LogP contribution is 2.29. The third kappa shape index (κ3) is 3.82. The molecule has 124 valence electrons. The number of nitrogens with zero attached hydrogens (tertiary/aromatic N) is 1. The summed E-state index contributed by atoms with van der Waals surface area (Å²) in [5, 5.41) is 3.34. The number of benzene rings is 2. The van der Waals surface area contributed by atoms with E-state index in [2.05, 4.69) is 37.2 Å². The summed E-state index contributed by atoms with van der Waals surface area (Å²) >= 11 is 12.7. The molecule has 2 aromatic rings. The largest absolute Gasteiger partial charge is 0.326 e. The van der Waals surface area contributed by atoms with Gasteiger partial charge in [0.2, 0.25) is 11.8 Å². The molecule has 0 aromatic heterocycles. The molecule has 0 saturated carbocycles. The first-order chi connectivity index (χ1) is 11.4. The average molecular weight is 473 g/mol. The topological polar surface area (TPSA) is 49.4 Å². The average Bonchev–Trinajstić information content (AvgIpc) is 2.94. The second-order valence-corrected chi connectivity index (χ2v) is 7.68. The lowest BCUT2D eigenvalue weighted by Crippen LogP contribution is -2.28. The zero-order chi connectivity index (χ0) is 17.3. The van der Waals surface area contributed by atoms with Crippen LogP contribution < -0.4 is 10.2 Å². The van der Waals surface area contributed by atoms with Gasteiger partial charge in [0.05, 0.1) is 10.9 Å². The molecular formula is C17H13Br2ClN2O2. The summed E-state index contributed by atoms with van der Waals surface area (Å²) in [5.74, 6) is -0.615. The fourth-order valence-corrected chi connectivity index (χ4v) is 3.26. The fraction of sp³-hybridized carbons (Fsp3) is 0.176. The first kappa shape index (κ1) is 17.5. The van der Waals surface area contributed by atoms with Gasteiger partial charge in [-0.25, -0.2) is 0 Å². The molecule has 0 radical (unpaired) electrons. The third-order valence-electron chi connectivity index (χ3n) is 3.82. The number of carbonyl (C=O) groups excluding carboxylic acids is 2. The molecule has 24 heavy (non-hydrogen) atoms. The van der Waals surface area contributed by atoms with Crippen LogP contribution in [0.1, 0.15) is 6.42 Å². The van der Waals surface area contributed by atoms with E-state index >= 15 is 0 Å². The smallest absolute Gasteiger partial charge is 0.229 e. The van der Waals surface area contributed by atoms with Crippen LogP contribution >= 0.6 is 43.5 Å². The van der Waals surface area contributed by atoms with Crippen LogP contribution in [0.3, 0.4) is 0 Å². The summed E-state index contributed by atoms with van der Waals surface area (Å²) in [5.41, 5.74) is 1.41. The summed E-state index contributed by atoms with van der Waals surface area (Å²) in [6.45, 7) is 0.372. The third-order valence-corrected chi connectivity index (χ3v) is 5.58. The Morgan fingerprint density at radius 1 is 1.17 bits per heavy atom. The maximum atomic E-state index is 12.4. The maximum absolute atomic E-state index is 12.4. The van der Waals surface area contributed by atoms with Gasteiger partial charge >= 0.3 is 0 Å². The van der Waals surface area contributed by atoms with Crippen LogP contribution in [0.4, 0.5) is 11.4 Å². The predicted molar refractivity (Wildman–Crippen MR) is 102 cm³/mol. The molecule has 1 aliphatic rings. The van der Waals surface area contributed by atoms with Crippen molar-refractivity contribution in [3.8, 4) is 0 Å². The van der Waals surface area contributed by atoms with Crippen LogP contribution in [-0.4, -0.2) is 18.4 Å². The molecule has 1 aliphatic heterocycles. The Kier molecular flexibility index (Phi) is 5.27. The molecule has 1 saturated heterocycles. The van der Waals surface area contributed by atoms with E-state index in [0.717, 1.165) is 14.6 Å². The molecule has 2 aromatic carbocycles. The summed E-state index contributed by atoms with van der Waals surface area (Å²) < 4.78 is 1.71. The van der Waals surface area contributed by atoms with Crippen molar-refractivity contribution in [1.82, 2.24) is 0 Å². The Hall–Kier alpha value is -1.37. The number of nitrogens with one attached hydrogen (secondary N) is 1. The highest BCUT2D eigenvalue weighted by molar-refractivity contribution is 9.10. The highest BCUT2D eigenvalue weighted by atomic mass is 79.9. The summed E-state index contributed by atoms with van der Waals surface area (Å²) in [6.07, 6.45) is 0.201. The SMILES string of the molecule is O=C(Nc1ccc(Br)c(Cl)c1)[C@@H]1CC(=O)N(c2ccc(Br)cc2)C1. The molecule has 0 aliphatic carbocycles. The second-order valence-electron chi connectivity index (χ2n) is 5.50. The molecule has 0 unspecified atom stereocenters. The van der Waals surface area contributed by atoms with Crippen molar-refractivity contribution >= 4 is 66.6 Å². The molecule has 0 bridgehead atoms. The monoisotopic (exact) mass is 470 g/mol. The van der Waals surface area contributed by atoms with Gasteiger partial charge in [-0.05, 0) is 58.4 Å². The standard InChI is InChI=1S/C17H13Br2ClN2O2/c18-11-1-4-13(5-2-11)22-9-10(7-16(22)23)17(24)21-12-3-6-14(19)15(20)8-12/h1-6,8,10H,7,9H2,(H,21,24)/t10-/m1/s1. The van der Waals surface area contributed by atoms with Crippen molar-refractivity contribution in [3.05, 3.63) is 56.4 Å². The molecule has 0 spiro atoms. The number of anilines is 2. The Balaban J connectivity index is 1.69. The van der Waals surface area contributed by atoms with Gasteiger partial charge in [0, 0.05) is 33.3 Å². The van der Waals surface area contributed by atoms with E-state index in [1.165, 1.54) is 0 Å². The van der Waals surface area contributed by atoms with Crippen molar-refractivity contribution < 1.29 is 9.59 Å². The Bertz CT molecular complexity index is 796. The zero-order valence-electron chi connectivity index (χ0n) is 12.4. The van der Waals surface area contributed by atoms with Crippen LogP contribution in [0.15, 0.2) is 51.4 Å². The predicted octanol–water partition coefficient (Wildman–Crippen LogP) is 4.86. The number of amides is 2. The molecule has 4 nitrogen and oxygen atoms in total. The van der Waals surface area contributed by atoms with Crippen LogP contribution in [-0.2, 0) is 9.59 Å². The normalized spacial score (nSPS) is 17.2. The first-order valence-corrected chi connectivity index (χ1v) is 9.22. The van der Waals surface area contributed by atoms with Crippen LogP contribution in [0.25, 0.3) is 0 Å². The van der Waals surface area contributed by atoms with Gasteiger partial charge in [0.25, 0.3) is 0 Å². The molecular weight excluding hydrogens is 459 g/mol. The minimum atomic E-state index is -0.386. The quantitative estimate of drug-likeness (QED) is 0.694. The molecule has 1 N–H and O–H groups in total. The second kappa shape index (κ2) is 7.25. The summed E-state index contributed by atoms with van der Waals surface area (Å²) in [7, 11) is 0. The number of hydrogen-bond donors (Lipinski definition) is 1. The number of carbonyl (C=O) groups is 2. The van der Waals surface area contributed by atoms with Gasteiger partial charge in [-0.3, -0.25) is 9.59 Å². The van der Waals surface area contributed by atoms with Crippen molar-refractivity contribution in [2.75, 3.05) is 16.8 Å².